The highest BCUT2D eigenvalue weighted by Crippen LogP contribution is 2.40. The maximum absolute atomic E-state index is 7.66. The second-order valence-electron chi connectivity index (χ2n) is 6.14. The Hall–Kier alpha value is -1.02. The minimum Gasteiger partial charge on any atom is -0.377 e. The molecule has 1 aromatic carbocycles. The van der Waals surface area contributed by atoms with Crippen molar-refractivity contribution < 1.29 is 4.11 Å². The molecule has 1 aliphatic heterocycles. The maximum Gasteiger partial charge on any atom is 0.0456 e. The predicted octanol–water partition coefficient (Wildman–Crippen LogP) is 3.69. The van der Waals surface area contributed by atoms with Gasteiger partial charge in [0, 0.05) is 35.4 Å². The van der Waals surface area contributed by atoms with Crippen molar-refractivity contribution in [1.29, 1.82) is 0 Å². The molecule has 1 aliphatic rings. The van der Waals surface area contributed by atoms with E-state index in [2.05, 4.69) is 31.7 Å². The van der Waals surface area contributed by atoms with E-state index in [1.54, 1.807) is 7.05 Å². The van der Waals surface area contributed by atoms with E-state index in [0.29, 0.717) is 6.04 Å². The lowest BCUT2D eigenvalue weighted by atomic mass is 9.97. The van der Waals surface area contributed by atoms with Gasteiger partial charge in [-0.2, -0.15) is 0 Å². The van der Waals surface area contributed by atoms with E-state index in [1.165, 1.54) is 4.90 Å². The molecule has 0 radical (unpaired) electrons. The standard InChI is InChI=1S/C16H26N2/c1-16(2,3)18-12-8-11-15(18)13-9-6-7-10-14(13)17(4)5/h6-7,9-10,15H,8,11-12H2,1-5H3/t15-/m0/s1/i4D3. The molecular formula is C16H26N2. The molecule has 0 aliphatic carbocycles. The van der Waals surface area contributed by atoms with Crippen LogP contribution in [0.5, 0.6) is 0 Å². The highest BCUT2D eigenvalue weighted by atomic mass is 15.2. The lowest BCUT2D eigenvalue weighted by molar-refractivity contribution is 0.122. The minimum atomic E-state index is -2.11. The lowest BCUT2D eigenvalue weighted by Crippen LogP contribution is -2.40. The lowest BCUT2D eigenvalue weighted by Gasteiger charge is -2.38. The minimum absolute atomic E-state index is 0.0901. The molecule has 1 saturated heterocycles. The Morgan fingerprint density at radius 3 is 2.72 bits per heavy atom. The molecule has 1 aromatic rings. The second kappa shape index (κ2) is 4.93. The van der Waals surface area contributed by atoms with Crippen LogP contribution in [-0.4, -0.2) is 31.0 Å². The molecule has 1 heterocycles. The average molecular weight is 249 g/mol. The summed E-state index contributed by atoms with van der Waals surface area (Å²) in [5, 5.41) is 0. The van der Waals surface area contributed by atoms with Gasteiger partial charge in [0.25, 0.3) is 0 Å². The van der Waals surface area contributed by atoms with Crippen LogP contribution in [0.2, 0.25) is 0 Å². The Morgan fingerprint density at radius 2 is 2.06 bits per heavy atom. The van der Waals surface area contributed by atoms with Gasteiger partial charge in [-0.1, -0.05) is 18.2 Å². The molecular weight excluding hydrogens is 220 g/mol. The molecule has 2 rings (SSSR count). The summed E-state index contributed by atoms with van der Waals surface area (Å²) in [6, 6.07) is 8.21. The van der Waals surface area contributed by atoms with Gasteiger partial charge in [-0.25, -0.2) is 0 Å². The number of hydrogen-bond donors (Lipinski definition) is 0. The van der Waals surface area contributed by atoms with E-state index >= 15 is 0 Å². The molecule has 0 amide bonds. The van der Waals surface area contributed by atoms with Crippen LogP contribution in [0.25, 0.3) is 0 Å². The van der Waals surface area contributed by atoms with Crippen molar-refractivity contribution >= 4 is 5.69 Å². The van der Waals surface area contributed by atoms with Crippen LogP contribution in [0.4, 0.5) is 5.69 Å². The Kier molecular flexibility index (Phi) is 2.70. The monoisotopic (exact) mass is 249 g/mol. The summed E-state index contributed by atoms with van der Waals surface area (Å²) >= 11 is 0. The Bertz CT molecular complexity index is 491. The van der Waals surface area contributed by atoms with Crippen molar-refractivity contribution in [3.63, 3.8) is 0 Å². The molecule has 1 atom stereocenters. The van der Waals surface area contributed by atoms with Crippen LogP contribution in [0, 0.1) is 0 Å². The van der Waals surface area contributed by atoms with E-state index in [9.17, 15) is 0 Å². The molecule has 2 heteroatoms. The van der Waals surface area contributed by atoms with E-state index in [4.69, 9.17) is 4.11 Å². The van der Waals surface area contributed by atoms with Crippen LogP contribution in [0.1, 0.15) is 49.3 Å². The van der Waals surface area contributed by atoms with Gasteiger partial charge in [0.2, 0.25) is 0 Å². The van der Waals surface area contributed by atoms with Gasteiger partial charge < -0.3 is 4.90 Å². The van der Waals surface area contributed by atoms with Gasteiger partial charge in [-0.3, -0.25) is 4.90 Å². The zero-order valence-electron chi connectivity index (χ0n) is 14.9. The van der Waals surface area contributed by atoms with Crippen LogP contribution in [0.3, 0.4) is 0 Å². The summed E-state index contributed by atoms with van der Waals surface area (Å²) < 4.78 is 23.0. The molecule has 0 saturated carbocycles. The number of nitrogens with zero attached hydrogens (tertiary/aromatic N) is 2. The SMILES string of the molecule is [2H]C([2H])([2H])N(C)c1ccccc1[C@@H]1CCCN1C(C)(C)C. The van der Waals surface area contributed by atoms with E-state index < -0.39 is 6.98 Å². The van der Waals surface area contributed by atoms with Crippen LogP contribution in [0.15, 0.2) is 24.3 Å². The smallest absolute Gasteiger partial charge is 0.0456 e. The van der Waals surface area contributed by atoms with E-state index in [-0.39, 0.29) is 5.54 Å². The first-order valence-electron chi connectivity index (χ1n) is 8.22. The first kappa shape index (κ1) is 9.85. The van der Waals surface area contributed by atoms with Crippen molar-refractivity contribution in [3.05, 3.63) is 29.8 Å². The summed E-state index contributed by atoms with van der Waals surface area (Å²) in [5.74, 6) is 0. The summed E-state index contributed by atoms with van der Waals surface area (Å²) in [5.41, 5.74) is 2.04. The number of benzene rings is 1. The summed E-state index contributed by atoms with van der Waals surface area (Å²) in [6.45, 7) is 5.63. The number of likely N-dealkylation sites (tertiary alicyclic amines) is 1. The van der Waals surface area contributed by atoms with Gasteiger partial charge in [0.15, 0.2) is 0 Å². The zero-order valence-corrected chi connectivity index (χ0v) is 11.9. The summed E-state index contributed by atoms with van der Waals surface area (Å²) in [7, 11) is 1.65. The number of anilines is 1. The summed E-state index contributed by atoms with van der Waals surface area (Å²) in [4.78, 5) is 3.90. The molecule has 2 nitrogen and oxygen atoms in total. The fraction of sp³-hybridized carbons (Fsp3) is 0.625. The highest BCUT2D eigenvalue weighted by molar-refractivity contribution is 5.54. The molecule has 100 valence electrons. The number of hydrogen-bond acceptors (Lipinski definition) is 2. The van der Waals surface area contributed by atoms with Crippen molar-refractivity contribution in [1.82, 2.24) is 4.90 Å². The second-order valence-corrected chi connectivity index (χ2v) is 6.14. The van der Waals surface area contributed by atoms with Gasteiger partial charge in [0.05, 0.1) is 0 Å². The van der Waals surface area contributed by atoms with Gasteiger partial charge in [0.1, 0.15) is 0 Å². The normalized spacial score (nSPS) is 24.4. The average Bonchev–Trinajstić information content (AvgIpc) is 2.85. The van der Waals surface area contributed by atoms with Crippen LogP contribution in [-0.2, 0) is 0 Å². The van der Waals surface area contributed by atoms with E-state index in [1.807, 2.05) is 18.2 Å². The molecule has 0 unspecified atom stereocenters. The van der Waals surface area contributed by atoms with Crippen LogP contribution >= 0.6 is 0 Å². The first-order chi connectivity index (χ1) is 9.62. The molecule has 18 heavy (non-hydrogen) atoms. The molecule has 0 aromatic heterocycles. The molecule has 0 spiro atoms. The number of rotatable bonds is 2. The van der Waals surface area contributed by atoms with Crippen molar-refractivity contribution in [2.24, 2.45) is 0 Å². The highest BCUT2D eigenvalue weighted by Gasteiger charge is 2.34. The fourth-order valence-electron chi connectivity index (χ4n) is 2.97. The van der Waals surface area contributed by atoms with Crippen molar-refractivity contribution in [2.45, 2.75) is 45.2 Å². The Morgan fingerprint density at radius 1 is 1.33 bits per heavy atom. The fourth-order valence-corrected chi connectivity index (χ4v) is 2.97. The van der Waals surface area contributed by atoms with Gasteiger partial charge >= 0.3 is 0 Å². The first-order valence-corrected chi connectivity index (χ1v) is 6.72. The summed E-state index contributed by atoms with van der Waals surface area (Å²) in [6.07, 6.45) is 2.25. The van der Waals surface area contributed by atoms with Gasteiger partial charge in [-0.15, -0.1) is 0 Å². The largest absolute Gasteiger partial charge is 0.377 e. The van der Waals surface area contributed by atoms with Crippen molar-refractivity contribution in [3.8, 4) is 0 Å². The predicted molar refractivity (Wildman–Crippen MR) is 79.2 cm³/mol. The molecule has 1 fully saturated rings. The van der Waals surface area contributed by atoms with Crippen molar-refractivity contribution in [2.75, 3.05) is 25.5 Å². The Labute approximate surface area is 116 Å². The topological polar surface area (TPSA) is 6.48 Å². The van der Waals surface area contributed by atoms with Crippen LogP contribution < -0.4 is 4.90 Å². The quantitative estimate of drug-likeness (QED) is 0.789. The third kappa shape index (κ3) is 2.54. The molecule has 0 N–H and O–H groups in total. The Balaban J connectivity index is 2.41. The maximum atomic E-state index is 7.66. The third-order valence-corrected chi connectivity index (χ3v) is 3.77. The van der Waals surface area contributed by atoms with Gasteiger partial charge in [-0.05, 0) is 51.8 Å². The number of para-hydroxylation sites is 1. The molecule has 0 bridgehead atoms. The third-order valence-electron chi connectivity index (χ3n) is 3.77. The zero-order chi connectivity index (χ0) is 15.8. The van der Waals surface area contributed by atoms with E-state index in [0.717, 1.165) is 30.6 Å².